The third-order valence-electron chi connectivity index (χ3n) is 3.20. The molecule has 0 aromatic heterocycles. The lowest BCUT2D eigenvalue weighted by atomic mass is 9.94. The number of benzene rings is 1. The molecule has 1 rings (SSSR count). The van der Waals surface area contributed by atoms with Gasteiger partial charge < -0.3 is 15.2 Å². The summed E-state index contributed by atoms with van der Waals surface area (Å²) < 4.78 is 5.07. The Morgan fingerprint density at radius 1 is 1.47 bits per heavy atom. The molecule has 2 atom stereocenters. The predicted molar refractivity (Wildman–Crippen MR) is 74.8 cm³/mol. The van der Waals surface area contributed by atoms with Crippen molar-refractivity contribution in [3.8, 4) is 5.75 Å². The third kappa shape index (κ3) is 4.41. The zero-order valence-electron chi connectivity index (χ0n) is 11.4. The minimum absolute atomic E-state index is 0.0688. The topological polar surface area (TPSA) is 58.6 Å². The van der Waals surface area contributed by atoms with Gasteiger partial charge in [0.25, 0.3) is 0 Å². The van der Waals surface area contributed by atoms with Crippen molar-refractivity contribution in [2.45, 2.75) is 13.5 Å². The van der Waals surface area contributed by atoms with Crippen molar-refractivity contribution in [2.24, 2.45) is 11.8 Å². The summed E-state index contributed by atoms with van der Waals surface area (Å²) in [6, 6.07) is 7.51. The molecule has 1 amide bonds. The van der Waals surface area contributed by atoms with Crippen LogP contribution in [-0.2, 0) is 11.3 Å². The zero-order chi connectivity index (χ0) is 14.3. The lowest BCUT2D eigenvalue weighted by molar-refractivity contribution is -0.126. The van der Waals surface area contributed by atoms with E-state index in [-0.39, 0.29) is 24.3 Å². The Hall–Kier alpha value is -1.81. The first-order valence-electron chi connectivity index (χ1n) is 6.26. The highest BCUT2D eigenvalue weighted by atomic mass is 16.5. The SMILES string of the molecule is C=CC(CO)C(C)C(=O)NCc1ccc(OC)cc1. The molecule has 0 aliphatic rings. The second-order valence-corrected chi connectivity index (χ2v) is 4.44. The number of amides is 1. The van der Waals surface area contributed by atoms with Gasteiger partial charge in [-0.3, -0.25) is 4.79 Å². The van der Waals surface area contributed by atoms with Crippen LogP contribution in [0.3, 0.4) is 0 Å². The average Bonchev–Trinajstić information content (AvgIpc) is 2.46. The van der Waals surface area contributed by atoms with Gasteiger partial charge in [0.15, 0.2) is 0 Å². The van der Waals surface area contributed by atoms with Crippen molar-refractivity contribution < 1.29 is 14.6 Å². The maximum atomic E-state index is 11.9. The molecule has 0 saturated heterocycles. The van der Waals surface area contributed by atoms with Crippen LogP contribution in [0.4, 0.5) is 0 Å². The summed E-state index contributed by atoms with van der Waals surface area (Å²) in [5.41, 5.74) is 1.00. The lowest BCUT2D eigenvalue weighted by Crippen LogP contribution is -2.33. The first-order valence-corrected chi connectivity index (χ1v) is 6.26. The Labute approximate surface area is 114 Å². The van der Waals surface area contributed by atoms with E-state index in [0.717, 1.165) is 11.3 Å². The number of rotatable bonds is 7. The van der Waals surface area contributed by atoms with Gasteiger partial charge in [-0.1, -0.05) is 25.1 Å². The quantitative estimate of drug-likeness (QED) is 0.737. The summed E-state index contributed by atoms with van der Waals surface area (Å²) in [6.45, 7) is 5.79. The van der Waals surface area contributed by atoms with Crippen LogP contribution in [0.1, 0.15) is 12.5 Å². The molecule has 104 valence electrons. The van der Waals surface area contributed by atoms with Crippen LogP contribution in [0.15, 0.2) is 36.9 Å². The first kappa shape index (κ1) is 15.2. The fourth-order valence-electron chi connectivity index (χ4n) is 1.72. The Kier molecular flexibility index (Phi) is 6.09. The predicted octanol–water partition coefficient (Wildman–Crippen LogP) is 1.74. The lowest BCUT2D eigenvalue weighted by Gasteiger charge is -2.18. The highest BCUT2D eigenvalue weighted by Gasteiger charge is 2.20. The van der Waals surface area contributed by atoms with Gasteiger partial charge in [-0.15, -0.1) is 6.58 Å². The van der Waals surface area contributed by atoms with E-state index < -0.39 is 0 Å². The molecule has 2 N–H and O–H groups in total. The van der Waals surface area contributed by atoms with Crippen molar-refractivity contribution in [1.29, 1.82) is 0 Å². The van der Waals surface area contributed by atoms with Crippen LogP contribution in [0.25, 0.3) is 0 Å². The number of carbonyl (C=O) groups excluding carboxylic acids is 1. The van der Waals surface area contributed by atoms with E-state index in [1.807, 2.05) is 24.3 Å². The molecule has 19 heavy (non-hydrogen) atoms. The van der Waals surface area contributed by atoms with Crippen molar-refractivity contribution >= 4 is 5.91 Å². The van der Waals surface area contributed by atoms with Crippen LogP contribution in [-0.4, -0.2) is 24.7 Å². The van der Waals surface area contributed by atoms with E-state index in [9.17, 15) is 4.79 Å². The van der Waals surface area contributed by atoms with Gasteiger partial charge in [0, 0.05) is 18.4 Å². The Bertz CT molecular complexity index is 414. The van der Waals surface area contributed by atoms with Crippen molar-refractivity contribution in [3.63, 3.8) is 0 Å². The number of nitrogens with one attached hydrogen (secondary N) is 1. The molecule has 2 unspecified atom stereocenters. The molecule has 0 aliphatic carbocycles. The van der Waals surface area contributed by atoms with E-state index in [1.54, 1.807) is 20.1 Å². The zero-order valence-corrected chi connectivity index (χ0v) is 11.4. The number of ether oxygens (including phenoxy) is 1. The Balaban J connectivity index is 2.51. The summed E-state index contributed by atoms with van der Waals surface area (Å²) in [6.07, 6.45) is 1.61. The molecule has 1 aromatic carbocycles. The number of hydrogen-bond donors (Lipinski definition) is 2. The van der Waals surface area contributed by atoms with Crippen LogP contribution in [0, 0.1) is 11.8 Å². The maximum absolute atomic E-state index is 11.9. The van der Waals surface area contributed by atoms with Gasteiger partial charge in [0.1, 0.15) is 5.75 Å². The molecule has 0 aliphatic heterocycles. The van der Waals surface area contributed by atoms with Crippen LogP contribution >= 0.6 is 0 Å². The van der Waals surface area contributed by atoms with E-state index in [2.05, 4.69) is 11.9 Å². The normalized spacial score (nSPS) is 13.4. The molecular weight excluding hydrogens is 242 g/mol. The summed E-state index contributed by atoms with van der Waals surface area (Å²) >= 11 is 0. The molecule has 0 radical (unpaired) electrons. The summed E-state index contributed by atoms with van der Waals surface area (Å²) in [7, 11) is 1.61. The fraction of sp³-hybridized carbons (Fsp3) is 0.400. The third-order valence-corrected chi connectivity index (χ3v) is 3.20. The summed E-state index contributed by atoms with van der Waals surface area (Å²) in [5, 5.41) is 12.0. The average molecular weight is 263 g/mol. The van der Waals surface area contributed by atoms with Gasteiger partial charge in [-0.25, -0.2) is 0 Å². The molecule has 0 bridgehead atoms. The molecule has 4 nitrogen and oxygen atoms in total. The van der Waals surface area contributed by atoms with E-state index in [1.165, 1.54) is 0 Å². The molecule has 0 heterocycles. The monoisotopic (exact) mass is 263 g/mol. The number of aliphatic hydroxyl groups excluding tert-OH is 1. The summed E-state index contributed by atoms with van der Waals surface area (Å²) in [4.78, 5) is 11.9. The number of aliphatic hydroxyl groups is 1. The number of methoxy groups -OCH3 is 1. The standard InChI is InChI=1S/C15H21NO3/c1-4-13(10-17)11(2)15(18)16-9-12-5-7-14(19-3)8-6-12/h4-8,11,13,17H,1,9-10H2,2-3H3,(H,16,18). The van der Waals surface area contributed by atoms with Gasteiger partial charge in [0.2, 0.25) is 5.91 Å². The molecule has 1 aromatic rings. The second kappa shape index (κ2) is 7.59. The molecule has 0 fully saturated rings. The Morgan fingerprint density at radius 3 is 2.58 bits per heavy atom. The number of carbonyl (C=O) groups is 1. The van der Waals surface area contributed by atoms with Gasteiger partial charge in [0.05, 0.1) is 13.7 Å². The van der Waals surface area contributed by atoms with Gasteiger partial charge in [-0.05, 0) is 17.7 Å². The minimum Gasteiger partial charge on any atom is -0.497 e. The van der Waals surface area contributed by atoms with Crippen molar-refractivity contribution in [2.75, 3.05) is 13.7 Å². The fourth-order valence-corrected chi connectivity index (χ4v) is 1.72. The molecule has 0 spiro atoms. The molecular formula is C15H21NO3. The van der Waals surface area contributed by atoms with E-state index >= 15 is 0 Å². The second-order valence-electron chi connectivity index (χ2n) is 4.44. The van der Waals surface area contributed by atoms with Crippen molar-refractivity contribution in [3.05, 3.63) is 42.5 Å². The van der Waals surface area contributed by atoms with Crippen molar-refractivity contribution in [1.82, 2.24) is 5.32 Å². The highest BCUT2D eigenvalue weighted by Crippen LogP contribution is 2.14. The van der Waals surface area contributed by atoms with Gasteiger partial charge in [-0.2, -0.15) is 0 Å². The smallest absolute Gasteiger partial charge is 0.223 e. The van der Waals surface area contributed by atoms with E-state index in [0.29, 0.717) is 6.54 Å². The van der Waals surface area contributed by atoms with E-state index in [4.69, 9.17) is 9.84 Å². The number of hydrogen-bond acceptors (Lipinski definition) is 3. The molecule has 4 heteroatoms. The minimum atomic E-state index is -0.291. The van der Waals surface area contributed by atoms with Crippen LogP contribution < -0.4 is 10.1 Å². The van der Waals surface area contributed by atoms with Crippen LogP contribution in [0.5, 0.6) is 5.75 Å². The summed E-state index contributed by atoms with van der Waals surface area (Å²) in [5.74, 6) is 0.196. The molecule has 0 saturated carbocycles. The highest BCUT2D eigenvalue weighted by molar-refractivity contribution is 5.78. The van der Waals surface area contributed by atoms with Gasteiger partial charge >= 0.3 is 0 Å². The first-order chi connectivity index (χ1) is 9.12. The maximum Gasteiger partial charge on any atom is 0.223 e. The van der Waals surface area contributed by atoms with Crippen LogP contribution in [0.2, 0.25) is 0 Å². The largest absolute Gasteiger partial charge is 0.497 e. The Morgan fingerprint density at radius 2 is 2.11 bits per heavy atom.